The molecule has 0 aromatic heterocycles. The minimum atomic E-state index is -4.04. The zero-order chi connectivity index (χ0) is 20.6. The lowest BCUT2D eigenvalue weighted by atomic mass is 10.3. The van der Waals surface area contributed by atoms with Gasteiger partial charge in [0.15, 0.2) is 6.10 Å². The smallest absolute Gasteiger partial charge is 0.321 e. The first-order valence-corrected chi connectivity index (χ1v) is 10.0. The number of ether oxygens (including phenoxy) is 1. The number of rotatable bonds is 8. The van der Waals surface area contributed by atoms with Crippen LogP contribution >= 0.6 is 23.2 Å². The van der Waals surface area contributed by atoms with Crippen molar-refractivity contribution in [1.82, 2.24) is 15.4 Å². The Hall–Kier alpha value is -1.88. The van der Waals surface area contributed by atoms with Gasteiger partial charge in [-0.2, -0.15) is 0 Å². The monoisotopic (exact) mass is 439 g/mol. The van der Waals surface area contributed by atoms with Crippen LogP contribution in [0.2, 0.25) is 10.0 Å². The van der Waals surface area contributed by atoms with Crippen LogP contribution < -0.4 is 15.4 Å². The van der Waals surface area contributed by atoms with Crippen molar-refractivity contribution in [3.8, 4) is 0 Å². The highest BCUT2D eigenvalue weighted by atomic mass is 35.5. The summed E-state index contributed by atoms with van der Waals surface area (Å²) in [4.78, 5) is 34.3. The van der Waals surface area contributed by atoms with Crippen LogP contribution in [-0.4, -0.2) is 45.5 Å². The van der Waals surface area contributed by atoms with Crippen LogP contribution in [0.15, 0.2) is 23.1 Å². The number of urea groups is 1. The van der Waals surface area contributed by atoms with Gasteiger partial charge < -0.3 is 10.1 Å². The molecule has 0 heterocycles. The summed E-state index contributed by atoms with van der Waals surface area (Å²) in [5, 5.41) is 4.22. The van der Waals surface area contributed by atoms with Gasteiger partial charge in [0.2, 0.25) is 10.0 Å². The van der Waals surface area contributed by atoms with Crippen molar-refractivity contribution in [2.45, 2.75) is 31.3 Å². The van der Waals surface area contributed by atoms with E-state index in [4.69, 9.17) is 27.9 Å². The molecule has 3 N–H and O–H groups in total. The van der Waals surface area contributed by atoms with Crippen molar-refractivity contribution in [2.75, 3.05) is 13.1 Å². The third-order valence-corrected chi connectivity index (χ3v) is 5.48. The molecule has 3 amide bonds. The number of esters is 1. The fraction of sp³-hybridized carbons (Fsp3) is 0.400. The van der Waals surface area contributed by atoms with Crippen LogP contribution in [-0.2, 0) is 24.3 Å². The van der Waals surface area contributed by atoms with Gasteiger partial charge in [-0.15, -0.1) is 0 Å². The molecule has 1 unspecified atom stereocenters. The van der Waals surface area contributed by atoms with Gasteiger partial charge in [0, 0.05) is 13.1 Å². The average molecular weight is 440 g/mol. The van der Waals surface area contributed by atoms with Crippen LogP contribution in [0.25, 0.3) is 0 Å². The summed E-state index contributed by atoms with van der Waals surface area (Å²) in [7, 11) is -4.04. The fourth-order valence-corrected chi connectivity index (χ4v) is 4.00. The first-order chi connectivity index (χ1) is 12.6. The maximum absolute atomic E-state index is 12.2. The van der Waals surface area contributed by atoms with Crippen LogP contribution in [0.5, 0.6) is 0 Å². The van der Waals surface area contributed by atoms with Gasteiger partial charge in [-0.1, -0.05) is 29.3 Å². The predicted octanol–water partition coefficient (Wildman–Crippen LogP) is 1.44. The molecule has 1 atom stereocenters. The summed E-state index contributed by atoms with van der Waals surface area (Å²) in [6, 6.07) is 3.51. The molecule has 0 saturated heterocycles. The van der Waals surface area contributed by atoms with E-state index in [0.717, 1.165) is 0 Å². The molecule has 150 valence electrons. The maximum atomic E-state index is 12.2. The third kappa shape index (κ3) is 7.33. The summed E-state index contributed by atoms with van der Waals surface area (Å²) in [6.45, 7) is 2.97. The zero-order valence-corrected chi connectivity index (χ0v) is 16.9. The minimum absolute atomic E-state index is 0.0618. The Morgan fingerprint density at radius 1 is 1.19 bits per heavy atom. The Kier molecular flexibility index (Phi) is 8.97. The van der Waals surface area contributed by atoms with E-state index in [2.05, 4.69) is 10.0 Å². The van der Waals surface area contributed by atoms with Crippen molar-refractivity contribution in [3.63, 3.8) is 0 Å². The number of amides is 3. The van der Waals surface area contributed by atoms with E-state index in [0.29, 0.717) is 6.54 Å². The number of carbonyl (C=O) groups excluding carboxylic acids is 3. The summed E-state index contributed by atoms with van der Waals surface area (Å²) in [6.07, 6.45) is -1.57. The number of hydrogen-bond acceptors (Lipinski definition) is 6. The standard InChI is InChI=1S/C15H19Cl2N3O6S/c1-3-18-15(23)20-14(22)9(2)26-12(21)7-8-19-27(24,25)13-10(16)5-4-6-11(13)17/h4-6,9,19H,3,7-8H2,1-2H3,(H2,18,20,22,23). The van der Waals surface area contributed by atoms with E-state index in [-0.39, 0.29) is 27.9 Å². The van der Waals surface area contributed by atoms with Crippen LogP contribution in [0.1, 0.15) is 20.3 Å². The summed E-state index contributed by atoms with van der Waals surface area (Å²) in [5.41, 5.74) is 0. The Labute approximate surface area is 166 Å². The normalized spacial score (nSPS) is 12.1. The van der Waals surface area contributed by atoms with Crippen molar-refractivity contribution in [1.29, 1.82) is 0 Å². The Balaban J connectivity index is 2.53. The second-order valence-corrected chi connectivity index (χ2v) is 7.70. The highest BCUT2D eigenvalue weighted by Gasteiger charge is 2.23. The van der Waals surface area contributed by atoms with Gasteiger partial charge in [-0.3, -0.25) is 14.9 Å². The number of halogens is 2. The highest BCUT2D eigenvalue weighted by Crippen LogP contribution is 2.28. The van der Waals surface area contributed by atoms with Gasteiger partial charge in [-0.25, -0.2) is 17.9 Å². The summed E-state index contributed by atoms with van der Waals surface area (Å²) >= 11 is 11.7. The van der Waals surface area contributed by atoms with E-state index in [1.54, 1.807) is 6.92 Å². The molecule has 0 aliphatic heterocycles. The maximum Gasteiger partial charge on any atom is 0.321 e. The van der Waals surface area contributed by atoms with E-state index in [1.165, 1.54) is 25.1 Å². The fourth-order valence-electron chi connectivity index (χ4n) is 1.83. The average Bonchev–Trinajstić information content (AvgIpc) is 2.54. The molecule has 0 aliphatic rings. The first-order valence-electron chi connectivity index (χ1n) is 7.80. The van der Waals surface area contributed by atoms with Crippen molar-refractivity contribution in [3.05, 3.63) is 28.2 Å². The van der Waals surface area contributed by atoms with Crippen LogP contribution in [0, 0.1) is 0 Å². The second-order valence-electron chi connectivity index (χ2n) is 5.18. The highest BCUT2D eigenvalue weighted by molar-refractivity contribution is 7.89. The molecule has 1 aromatic carbocycles. The number of benzene rings is 1. The lowest BCUT2D eigenvalue weighted by Crippen LogP contribution is -2.44. The largest absolute Gasteiger partial charge is 0.452 e. The molecule has 0 bridgehead atoms. The molecule has 27 heavy (non-hydrogen) atoms. The van der Waals surface area contributed by atoms with Crippen molar-refractivity contribution < 1.29 is 27.5 Å². The summed E-state index contributed by atoms with van der Waals surface area (Å²) < 4.78 is 31.5. The molecule has 0 saturated carbocycles. The van der Waals surface area contributed by atoms with E-state index >= 15 is 0 Å². The van der Waals surface area contributed by atoms with E-state index in [1.807, 2.05) is 5.32 Å². The number of imide groups is 1. The van der Waals surface area contributed by atoms with E-state index < -0.39 is 34.0 Å². The van der Waals surface area contributed by atoms with Crippen LogP contribution in [0.3, 0.4) is 0 Å². The Morgan fingerprint density at radius 3 is 2.33 bits per heavy atom. The quantitative estimate of drug-likeness (QED) is 0.525. The molecule has 12 heteroatoms. The van der Waals surface area contributed by atoms with Crippen molar-refractivity contribution in [2.24, 2.45) is 0 Å². The summed E-state index contributed by atoms with van der Waals surface area (Å²) in [5.74, 6) is -1.64. The van der Waals surface area contributed by atoms with Crippen LogP contribution in [0.4, 0.5) is 4.79 Å². The molecule has 0 radical (unpaired) electrons. The molecular formula is C15H19Cl2N3O6S. The van der Waals surface area contributed by atoms with E-state index in [9.17, 15) is 22.8 Å². The van der Waals surface area contributed by atoms with Crippen molar-refractivity contribution >= 4 is 51.1 Å². The first kappa shape index (κ1) is 23.2. The lowest BCUT2D eigenvalue weighted by Gasteiger charge is -2.13. The number of carbonyl (C=O) groups is 3. The van der Waals surface area contributed by atoms with Gasteiger partial charge in [0.25, 0.3) is 5.91 Å². The molecule has 0 spiro atoms. The third-order valence-electron chi connectivity index (χ3n) is 3.06. The molecule has 1 rings (SSSR count). The minimum Gasteiger partial charge on any atom is -0.452 e. The van der Waals surface area contributed by atoms with Gasteiger partial charge in [0.1, 0.15) is 4.90 Å². The van der Waals surface area contributed by atoms with Gasteiger partial charge >= 0.3 is 12.0 Å². The lowest BCUT2D eigenvalue weighted by molar-refractivity contribution is -0.154. The molecule has 9 nitrogen and oxygen atoms in total. The molecule has 1 aromatic rings. The SMILES string of the molecule is CCNC(=O)NC(=O)C(C)OC(=O)CCNS(=O)(=O)c1c(Cl)cccc1Cl. The molecule has 0 aliphatic carbocycles. The molecule has 0 fully saturated rings. The Morgan fingerprint density at radius 2 is 1.78 bits per heavy atom. The second kappa shape index (κ2) is 10.5. The number of nitrogens with one attached hydrogen (secondary N) is 3. The topological polar surface area (TPSA) is 131 Å². The van der Waals surface area contributed by atoms with Gasteiger partial charge in [-0.05, 0) is 26.0 Å². The molecular weight excluding hydrogens is 421 g/mol. The predicted molar refractivity (Wildman–Crippen MR) is 99.0 cm³/mol. The number of sulfonamides is 1. The zero-order valence-electron chi connectivity index (χ0n) is 14.5. The van der Waals surface area contributed by atoms with Gasteiger partial charge in [0.05, 0.1) is 16.5 Å². The Bertz CT molecular complexity index is 796. The number of hydrogen-bond donors (Lipinski definition) is 3.